The van der Waals surface area contributed by atoms with Crippen LogP contribution in [0.3, 0.4) is 0 Å². The molecule has 2 aliphatic carbocycles. The molecule has 0 aromatic carbocycles. The van der Waals surface area contributed by atoms with E-state index in [0.29, 0.717) is 18.1 Å². The van der Waals surface area contributed by atoms with Gasteiger partial charge in [0, 0.05) is 12.0 Å². The highest BCUT2D eigenvalue weighted by Gasteiger charge is 2.42. The minimum Gasteiger partial charge on any atom is -0.414 e. The molecule has 0 bridgehead atoms. The van der Waals surface area contributed by atoms with Gasteiger partial charge in [-0.3, -0.25) is 0 Å². The first-order valence-corrected chi connectivity index (χ1v) is 19.6. The highest BCUT2D eigenvalue weighted by Crippen LogP contribution is 2.43. The molecule has 0 amide bonds. The van der Waals surface area contributed by atoms with Crippen molar-refractivity contribution in [3.05, 3.63) is 24.3 Å². The van der Waals surface area contributed by atoms with Crippen LogP contribution in [0.4, 0.5) is 0 Å². The Bertz CT molecular complexity index is 616. The Labute approximate surface area is 209 Å². The van der Waals surface area contributed by atoms with E-state index in [0.717, 1.165) is 18.8 Å². The second kappa shape index (κ2) is 12.7. The topological polar surface area (TPSA) is 18.5 Å². The van der Waals surface area contributed by atoms with Gasteiger partial charge in [0.1, 0.15) is 0 Å². The monoisotopic (exact) mass is 492 g/mol. The third-order valence-electron chi connectivity index (χ3n) is 9.44. The van der Waals surface area contributed by atoms with Crippen LogP contribution in [-0.4, -0.2) is 28.8 Å². The van der Waals surface area contributed by atoms with E-state index < -0.39 is 16.6 Å². The summed E-state index contributed by atoms with van der Waals surface area (Å²) in [6.07, 6.45) is 16.9. The average Bonchev–Trinajstić information content (AvgIpc) is 3.16. The van der Waals surface area contributed by atoms with Crippen molar-refractivity contribution in [2.75, 3.05) is 0 Å². The van der Waals surface area contributed by atoms with Crippen molar-refractivity contribution < 1.29 is 8.85 Å². The third-order valence-corrected chi connectivity index (χ3v) is 18.6. The van der Waals surface area contributed by atoms with Crippen molar-refractivity contribution in [2.45, 2.75) is 148 Å². The molecule has 0 N–H and O–H groups in total. The highest BCUT2D eigenvalue weighted by atomic mass is 28.4. The number of rotatable bonds is 13. The Kier molecular flexibility index (Phi) is 11.2. The predicted molar refractivity (Wildman–Crippen MR) is 151 cm³/mol. The van der Waals surface area contributed by atoms with Crippen LogP contribution < -0.4 is 0 Å². The summed E-state index contributed by atoms with van der Waals surface area (Å²) in [4.78, 5) is 0. The zero-order chi connectivity index (χ0) is 24.7. The van der Waals surface area contributed by atoms with Crippen molar-refractivity contribution in [2.24, 2.45) is 11.8 Å². The van der Waals surface area contributed by atoms with Gasteiger partial charge in [-0.1, -0.05) is 78.5 Å². The Balaban J connectivity index is 2.12. The zero-order valence-corrected chi connectivity index (χ0v) is 25.5. The van der Waals surface area contributed by atoms with Crippen LogP contribution in [0.25, 0.3) is 0 Å². The summed E-state index contributed by atoms with van der Waals surface area (Å²) >= 11 is 0. The van der Waals surface area contributed by atoms with Crippen molar-refractivity contribution >= 4 is 16.6 Å². The van der Waals surface area contributed by atoms with Crippen molar-refractivity contribution in [3.8, 4) is 0 Å². The number of allylic oxidation sites excluding steroid dienone is 1. The molecular weight excluding hydrogens is 436 g/mol. The Morgan fingerprint density at radius 3 is 2.18 bits per heavy atom. The molecule has 0 aromatic heterocycles. The molecule has 0 aliphatic heterocycles. The molecule has 0 saturated heterocycles. The molecule has 1 saturated carbocycles. The summed E-state index contributed by atoms with van der Waals surface area (Å²) in [6.45, 7) is 23.2. The van der Waals surface area contributed by atoms with Crippen LogP contribution in [-0.2, 0) is 8.85 Å². The van der Waals surface area contributed by atoms with Gasteiger partial charge >= 0.3 is 0 Å². The van der Waals surface area contributed by atoms with Crippen LogP contribution in [0, 0.1) is 11.8 Å². The Morgan fingerprint density at radius 1 is 1.06 bits per heavy atom. The van der Waals surface area contributed by atoms with Gasteiger partial charge in [0.15, 0.2) is 16.6 Å². The molecule has 33 heavy (non-hydrogen) atoms. The molecule has 0 aromatic rings. The van der Waals surface area contributed by atoms with Crippen LogP contribution in [0.15, 0.2) is 24.3 Å². The quantitative estimate of drug-likeness (QED) is 0.188. The fourth-order valence-electron chi connectivity index (χ4n) is 5.80. The first-order valence-electron chi connectivity index (χ1n) is 14.2. The van der Waals surface area contributed by atoms with Crippen molar-refractivity contribution in [1.82, 2.24) is 0 Å². The second-order valence-corrected chi connectivity index (χ2v) is 21.9. The van der Waals surface area contributed by atoms with Crippen LogP contribution in [0.2, 0.25) is 36.3 Å². The van der Waals surface area contributed by atoms with Gasteiger partial charge < -0.3 is 8.85 Å². The minimum atomic E-state index is -1.78. The molecule has 4 heteroatoms. The van der Waals surface area contributed by atoms with Crippen LogP contribution >= 0.6 is 0 Å². The molecule has 2 aliphatic rings. The first-order chi connectivity index (χ1) is 15.5. The van der Waals surface area contributed by atoms with E-state index >= 15 is 0 Å². The first kappa shape index (κ1) is 29.1. The molecule has 3 atom stereocenters. The summed E-state index contributed by atoms with van der Waals surface area (Å²) in [5.74, 6) is 1.28. The predicted octanol–water partition coefficient (Wildman–Crippen LogP) is 9.65. The molecule has 2 rings (SSSR count). The van der Waals surface area contributed by atoms with E-state index in [4.69, 9.17) is 8.85 Å². The molecule has 0 spiro atoms. The summed E-state index contributed by atoms with van der Waals surface area (Å²) < 4.78 is 14.1. The van der Waals surface area contributed by atoms with Gasteiger partial charge in [0.25, 0.3) is 0 Å². The summed E-state index contributed by atoms with van der Waals surface area (Å²) in [5.41, 5.74) is 1.63. The fraction of sp³-hybridized carbons (Fsp3) is 0.862. The lowest BCUT2D eigenvalue weighted by Crippen LogP contribution is -2.46. The Morgan fingerprint density at radius 2 is 1.67 bits per heavy atom. The molecule has 192 valence electrons. The summed E-state index contributed by atoms with van der Waals surface area (Å²) in [6, 6.07) is 3.70. The van der Waals surface area contributed by atoms with Gasteiger partial charge in [0.05, 0.1) is 6.10 Å². The van der Waals surface area contributed by atoms with Gasteiger partial charge in [-0.05, 0) is 80.7 Å². The van der Waals surface area contributed by atoms with E-state index in [1.54, 1.807) is 5.57 Å². The summed E-state index contributed by atoms with van der Waals surface area (Å²) in [5, 5.41) is 0.269. The maximum atomic E-state index is 7.12. The molecule has 0 heterocycles. The second-order valence-electron chi connectivity index (χ2n) is 12.4. The van der Waals surface area contributed by atoms with Gasteiger partial charge in [-0.2, -0.15) is 0 Å². The minimum absolute atomic E-state index is 0.269. The third kappa shape index (κ3) is 7.66. The largest absolute Gasteiger partial charge is 0.414 e. The lowest BCUT2D eigenvalue weighted by molar-refractivity contribution is 0.0847. The Hall–Kier alpha value is -0.166. The van der Waals surface area contributed by atoms with E-state index in [-0.39, 0.29) is 5.04 Å². The maximum Gasteiger partial charge on any atom is 0.192 e. The molecule has 1 fully saturated rings. The SMILES string of the molecule is C=CC[C@@H]1C(CC[C@@H](O[Si](C)(C)C(C)(C)C)C2CCCCC2)=CC[C@@H]1O[Si](CC)(CC)CC. The fourth-order valence-corrected chi connectivity index (χ4v) is 10.1. The molecule has 2 nitrogen and oxygen atoms in total. The highest BCUT2D eigenvalue weighted by molar-refractivity contribution is 6.74. The van der Waals surface area contributed by atoms with Crippen LogP contribution in [0.1, 0.15) is 99.3 Å². The lowest BCUT2D eigenvalue weighted by Gasteiger charge is -2.42. The smallest absolute Gasteiger partial charge is 0.192 e. The van der Waals surface area contributed by atoms with Gasteiger partial charge in [0.2, 0.25) is 0 Å². The van der Waals surface area contributed by atoms with E-state index in [1.807, 2.05) is 0 Å². The van der Waals surface area contributed by atoms with E-state index in [2.05, 4.69) is 73.4 Å². The molecule has 0 unspecified atom stereocenters. The van der Waals surface area contributed by atoms with Gasteiger partial charge in [-0.15, -0.1) is 6.58 Å². The molecular formula is C29H56O2Si2. The number of hydrogen-bond donors (Lipinski definition) is 0. The molecule has 0 radical (unpaired) electrons. The normalized spacial score (nSPS) is 24.1. The van der Waals surface area contributed by atoms with Crippen LogP contribution in [0.5, 0.6) is 0 Å². The van der Waals surface area contributed by atoms with Crippen molar-refractivity contribution in [3.63, 3.8) is 0 Å². The number of hydrogen-bond acceptors (Lipinski definition) is 2. The average molecular weight is 493 g/mol. The zero-order valence-electron chi connectivity index (χ0n) is 23.5. The van der Waals surface area contributed by atoms with E-state index in [1.165, 1.54) is 63.1 Å². The van der Waals surface area contributed by atoms with Crippen molar-refractivity contribution in [1.29, 1.82) is 0 Å². The maximum absolute atomic E-state index is 7.12. The van der Waals surface area contributed by atoms with E-state index in [9.17, 15) is 0 Å². The standard InChI is InChI=1S/C29H56O2Si2/c1-10-17-26-24(21-23-28(26)31-33(11-2,12-3)13-4)20-22-27(25-18-15-14-16-19-25)30-32(8,9)29(5,6)7/h10,21,25-28H,1,11-20,22-23H2,2-9H3/t26-,27-,28+/m1/s1. The summed E-state index contributed by atoms with van der Waals surface area (Å²) in [7, 11) is -3.37. The van der Waals surface area contributed by atoms with Gasteiger partial charge in [-0.25, -0.2) is 0 Å². The lowest BCUT2D eigenvalue weighted by atomic mass is 9.82.